The van der Waals surface area contributed by atoms with Gasteiger partial charge < -0.3 is 15.2 Å². The van der Waals surface area contributed by atoms with Crippen molar-refractivity contribution in [2.24, 2.45) is 0 Å². The standard InChI is InChI=1S/C19H16F2N4O3/c1-11(19-24-17(25-28-19)12-2-6-14(20)7-3-12)23-16(26)10-22-18(27)13-4-8-15(21)9-5-13/h2-9,11H,10H2,1H3,(H,22,27)(H,23,26). The van der Waals surface area contributed by atoms with Crippen LogP contribution in [0.5, 0.6) is 0 Å². The van der Waals surface area contributed by atoms with Crippen molar-refractivity contribution in [1.82, 2.24) is 20.8 Å². The average Bonchev–Trinajstić information content (AvgIpc) is 3.17. The van der Waals surface area contributed by atoms with Gasteiger partial charge in [0.25, 0.3) is 5.91 Å². The van der Waals surface area contributed by atoms with E-state index in [1.54, 1.807) is 6.92 Å². The van der Waals surface area contributed by atoms with E-state index in [0.29, 0.717) is 5.56 Å². The first-order chi connectivity index (χ1) is 13.4. The van der Waals surface area contributed by atoms with Crippen LogP contribution in [0.1, 0.15) is 29.2 Å². The van der Waals surface area contributed by atoms with Gasteiger partial charge in [0.2, 0.25) is 17.6 Å². The Balaban J connectivity index is 1.53. The highest BCUT2D eigenvalue weighted by Crippen LogP contribution is 2.18. The number of nitrogens with one attached hydrogen (secondary N) is 2. The summed E-state index contributed by atoms with van der Waals surface area (Å²) in [6, 6.07) is 9.94. The lowest BCUT2D eigenvalue weighted by Gasteiger charge is -2.10. The van der Waals surface area contributed by atoms with Gasteiger partial charge in [0.1, 0.15) is 17.7 Å². The minimum atomic E-state index is -0.600. The lowest BCUT2D eigenvalue weighted by atomic mass is 10.2. The molecule has 0 radical (unpaired) electrons. The van der Waals surface area contributed by atoms with E-state index in [1.807, 2.05) is 0 Å². The summed E-state index contributed by atoms with van der Waals surface area (Å²) in [4.78, 5) is 28.1. The van der Waals surface area contributed by atoms with E-state index in [2.05, 4.69) is 20.8 Å². The summed E-state index contributed by atoms with van der Waals surface area (Å²) in [5.41, 5.74) is 0.810. The molecule has 28 heavy (non-hydrogen) atoms. The van der Waals surface area contributed by atoms with Gasteiger partial charge in [-0.15, -0.1) is 0 Å². The second-order valence-electron chi connectivity index (χ2n) is 5.94. The molecule has 2 N–H and O–H groups in total. The molecular formula is C19H16F2N4O3. The Bertz CT molecular complexity index is 972. The van der Waals surface area contributed by atoms with Crippen molar-refractivity contribution in [3.8, 4) is 11.4 Å². The van der Waals surface area contributed by atoms with E-state index in [-0.39, 0.29) is 29.6 Å². The number of nitrogens with zero attached hydrogens (tertiary/aromatic N) is 2. The van der Waals surface area contributed by atoms with Crippen LogP contribution in [-0.4, -0.2) is 28.5 Å². The summed E-state index contributed by atoms with van der Waals surface area (Å²) in [5.74, 6) is -1.37. The smallest absolute Gasteiger partial charge is 0.251 e. The number of rotatable bonds is 6. The molecule has 0 fully saturated rings. The lowest BCUT2D eigenvalue weighted by molar-refractivity contribution is -0.120. The summed E-state index contributed by atoms with van der Waals surface area (Å²) in [6.45, 7) is 1.36. The number of benzene rings is 2. The Kier molecular flexibility index (Phi) is 5.73. The number of carbonyl (C=O) groups excluding carboxylic acids is 2. The molecule has 1 heterocycles. The molecule has 3 rings (SSSR count). The molecule has 0 aliphatic carbocycles. The van der Waals surface area contributed by atoms with Crippen molar-refractivity contribution in [3.05, 3.63) is 71.6 Å². The summed E-state index contributed by atoms with van der Waals surface area (Å²) >= 11 is 0. The topological polar surface area (TPSA) is 97.1 Å². The van der Waals surface area contributed by atoms with Crippen LogP contribution in [0.2, 0.25) is 0 Å². The van der Waals surface area contributed by atoms with Crippen molar-refractivity contribution in [2.45, 2.75) is 13.0 Å². The summed E-state index contributed by atoms with van der Waals surface area (Å²) in [7, 11) is 0. The molecule has 7 nitrogen and oxygen atoms in total. The molecule has 144 valence electrons. The van der Waals surface area contributed by atoms with Gasteiger partial charge in [-0.2, -0.15) is 4.98 Å². The molecule has 9 heteroatoms. The van der Waals surface area contributed by atoms with Crippen LogP contribution < -0.4 is 10.6 Å². The first-order valence-electron chi connectivity index (χ1n) is 8.35. The minimum Gasteiger partial charge on any atom is -0.343 e. The van der Waals surface area contributed by atoms with E-state index in [1.165, 1.54) is 36.4 Å². The maximum atomic E-state index is 13.0. The van der Waals surface area contributed by atoms with Crippen LogP contribution in [0.4, 0.5) is 8.78 Å². The number of hydrogen-bond donors (Lipinski definition) is 2. The Labute approximate surface area is 158 Å². The van der Waals surface area contributed by atoms with Gasteiger partial charge in [-0.25, -0.2) is 8.78 Å². The number of hydrogen-bond acceptors (Lipinski definition) is 5. The molecule has 0 saturated carbocycles. The van der Waals surface area contributed by atoms with E-state index in [4.69, 9.17) is 4.52 Å². The normalized spacial score (nSPS) is 11.7. The second-order valence-corrected chi connectivity index (χ2v) is 5.94. The van der Waals surface area contributed by atoms with Crippen molar-refractivity contribution < 1.29 is 22.9 Å². The first kappa shape index (κ1) is 19.2. The van der Waals surface area contributed by atoms with E-state index in [9.17, 15) is 18.4 Å². The maximum absolute atomic E-state index is 13.0. The molecule has 0 spiro atoms. The van der Waals surface area contributed by atoms with Crippen LogP contribution in [0.15, 0.2) is 53.1 Å². The molecule has 1 unspecified atom stereocenters. The Hall–Kier alpha value is -3.62. The number of carbonyl (C=O) groups is 2. The Morgan fingerprint density at radius 3 is 2.29 bits per heavy atom. The fourth-order valence-electron chi connectivity index (χ4n) is 2.35. The van der Waals surface area contributed by atoms with Gasteiger partial charge in [-0.3, -0.25) is 9.59 Å². The molecule has 2 aromatic carbocycles. The summed E-state index contributed by atoms with van der Waals surface area (Å²) in [6.07, 6.45) is 0. The molecule has 3 aromatic rings. The fraction of sp³-hybridized carbons (Fsp3) is 0.158. The Morgan fingerprint density at radius 1 is 1.04 bits per heavy atom. The van der Waals surface area contributed by atoms with Crippen molar-refractivity contribution in [2.75, 3.05) is 6.54 Å². The highest BCUT2D eigenvalue weighted by molar-refractivity contribution is 5.96. The van der Waals surface area contributed by atoms with Crippen LogP contribution in [0.3, 0.4) is 0 Å². The van der Waals surface area contributed by atoms with Crippen LogP contribution >= 0.6 is 0 Å². The van der Waals surface area contributed by atoms with E-state index >= 15 is 0 Å². The molecule has 0 bridgehead atoms. The van der Waals surface area contributed by atoms with Crippen LogP contribution in [-0.2, 0) is 4.79 Å². The molecule has 0 aliphatic heterocycles. The van der Waals surface area contributed by atoms with Crippen LogP contribution in [0, 0.1) is 11.6 Å². The number of halogens is 2. The third-order valence-corrected chi connectivity index (χ3v) is 3.81. The van der Waals surface area contributed by atoms with Gasteiger partial charge in [0.15, 0.2) is 0 Å². The summed E-state index contributed by atoms with van der Waals surface area (Å²) < 4.78 is 31.0. The van der Waals surface area contributed by atoms with Gasteiger partial charge in [0.05, 0.1) is 6.54 Å². The summed E-state index contributed by atoms with van der Waals surface area (Å²) in [5, 5.41) is 8.86. The van der Waals surface area contributed by atoms with E-state index < -0.39 is 23.7 Å². The fourth-order valence-corrected chi connectivity index (χ4v) is 2.35. The zero-order valence-corrected chi connectivity index (χ0v) is 14.8. The predicted octanol–water partition coefficient (Wildman–Crippen LogP) is 2.62. The van der Waals surface area contributed by atoms with Crippen molar-refractivity contribution in [1.29, 1.82) is 0 Å². The SMILES string of the molecule is CC(NC(=O)CNC(=O)c1ccc(F)cc1)c1nc(-c2ccc(F)cc2)no1. The average molecular weight is 386 g/mol. The van der Waals surface area contributed by atoms with E-state index in [0.717, 1.165) is 12.1 Å². The molecule has 2 amide bonds. The quantitative estimate of drug-likeness (QED) is 0.679. The second kappa shape index (κ2) is 8.38. The van der Waals surface area contributed by atoms with Crippen LogP contribution in [0.25, 0.3) is 11.4 Å². The zero-order valence-electron chi connectivity index (χ0n) is 14.8. The third-order valence-electron chi connectivity index (χ3n) is 3.81. The van der Waals surface area contributed by atoms with Gasteiger partial charge >= 0.3 is 0 Å². The Morgan fingerprint density at radius 2 is 1.64 bits per heavy atom. The molecule has 0 saturated heterocycles. The maximum Gasteiger partial charge on any atom is 0.251 e. The number of amides is 2. The predicted molar refractivity (Wildman–Crippen MR) is 95.0 cm³/mol. The van der Waals surface area contributed by atoms with Crippen molar-refractivity contribution >= 4 is 11.8 Å². The van der Waals surface area contributed by atoms with Gasteiger partial charge in [-0.05, 0) is 55.5 Å². The largest absolute Gasteiger partial charge is 0.343 e. The van der Waals surface area contributed by atoms with Crippen molar-refractivity contribution in [3.63, 3.8) is 0 Å². The van der Waals surface area contributed by atoms with Gasteiger partial charge in [-0.1, -0.05) is 5.16 Å². The molecule has 0 aliphatic rings. The monoisotopic (exact) mass is 386 g/mol. The van der Waals surface area contributed by atoms with Gasteiger partial charge in [0, 0.05) is 11.1 Å². The molecular weight excluding hydrogens is 370 g/mol. The minimum absolute atomic E-state index is 0.164. The zero-order chi connectivity index (χ0) is 20.1. The first-order valence-corrected chi connectivity index (χ1v) is 8.35. The number of aromatic nitrogens is 2. The third kappa shape index (κ3) is 4.76. The lowest BCUT2D eigenvalue weighted by Crippen LogP contribution is -2.38. The molecule has 1 atom stereocenters. The molecule has 1 aromatic heterocycles. The highest BCUT2D eigenvalue weighted by atomic mass is 19.1. The highest BCUT2D eigenvalue weighted by Gasteiger charge is 2.18.